The summed E-state index contributed by atoms with van der Waals surface area (Å²) in [7, 11) is 0. The van der Waals surface area contributed by atoms with Crippen LogP contribution in [-0.2, 0) is 4.74 Å². The second-order valence-corrected chi connectivity index (χ2v) is 7.80. The zero-order valence-corrected chi connectivity index (χ0v) is 16.1. The predicted molar refractivity (Wildman–Crippen MR) is 99.1 cm³/mol. The van der Waals surface area contributed by atoms with Crippen LogP contribution in [0.15, 0.2) is 22.7 Å². The van der Waals surface area contributed by atoms with E-state index in [0.29, 0.717) is 16.7 Å². The van der Waals surface area contributed by atoms with Crippen LogP contribution >= 0.6 is 27.3 Å². The summed E-state index contributed by atoms with van der Waals surface area (Å²) in [6, 6.07) is 4.88. The molecule has 0 N–H and O–H groups in total. The smallest absolute Gasteiger partial charge is 0.208 e. The molecule has 1 fully saturated rings. The Morgan fingerprint density at radius 3 is 3.04 bits per heavy atom. The molecule has 0 saturated carbocycles. The number of anilines is 1. The first-order valence-electron chi connectivity index (χ1n) is 8.33. The quantitative estimate of drug-likeness (QED) is 0.698. The predicted octanol–water partition coefficient (Wildman–Crippen LogP) is 4.89. The molecule has 1 unspecified atom stereocenters. The van der Waals surface area contributed by atoms with E-state index in [1.54, 1.807) is 12.1 Å². The van der Waals surface area contributed by atoms with Gasteiger partial charge in [0, 0.05) is 29.7 Å². The topological polar surface area (TPSA) is 38.2 Å². The van der Waals surface area contributed by atoms with Crippen LogP contribution in [0.3, 0.4) is 0 Å². The highest BCUT2D eigenvalue weighted by atomic mass is 79.9. The number of hydrogen-bond donors (Lipinski definition) is 0. The van der Waals surface area contributed by atoms with Gasteiger partial charge in [-0.15, -0.1) is 10.2 Å². The van der Waals surface area contributed by atoms with Crippen molar-refractivity contribution in [2.75, 3.05) is 24.6 Å². The Labute approximate surface area is 154 Å². The van der Waals surface area contributed by atoms with Crippen molar-refractivity contribution in [3.63, 3.8) is 0 Å². The van der Waals surface area contributed by atoms with Crippen molar-refractivity contribution >= 4 is 32.4 Å². The molecule has 2 heterocycles. The largest absolute Gasteiger partial charge is 0.378 e. The highest BCUT2D eigenvalue weighted by Crippen LogP contribution is 2.33. The molecule has 4 nitrogen and oxygen atoms in total. The minimum atomic E-state index is -0.273. The van der Waals surface area contributed by atoms with Crippen LogP contribution in [0, 0.1) is 5.82 Å². The number of nitrogens with zero attached hydrogens (tertiary/aromatic N) is 3. The Hall–Kier alpha value is -1.05. The lowest BCUT2D eigenvalue weighted by Crippen LogP contribution is -2.24. The third kappa shape index (κ3) is 4.32. The molecule has 24 heavy (non-hydrogen) atoms. The molecule has 0 spiro atoms. The van der Waals surface area contributed by atoms with Gasteiger partial charge >= 0.3 is 0 Å². The monoisotopic (exact) mass is 413 g/mol. The Kier molecular flexibility index (Phi) is 6.19. The van der Waals surface area contributed by atoms with Crippen LogP contribution < -0.4 is 4.90 Å². The third-order valence-corrected chi connectivity index (χ3v) is 5.59. The van der Waals surface area contributed by atoms with Crippen molar-refractivity contribution in [1.82, 2.24) is 10.2 Å². The number of rotatable bonds is 5. The first kappa shape index (κ1) is 17.8. The maximum Gasteiger partial charge on any atom is 0.208 e. The molecule has 1 aromatic carbocycles. The second kappa shape index (κ2) is 8.36. The molecule has 1 aliphatic rings. The van der Waals surface area contributed by atoms with Crippen LogP contribution in [0.25, 0.3) is 10.6 Å². The fourth-order valence-corrected chi connectivity index (χ4v) is 4.10. The normalized spacial score (nSPS) is 18.6. The average Bonchev–Trinajstić information content (AvgIpc) is 2.94. The molecular formula is C17H21BrFN3OS. The van der Waals surface area contributed by atoms with E-state index < -0.39 is 0 Å². The zero-order chi connectivity index (χ0) is 16.9. The number of hydrogen-bond acceptors (Lipinski definition) is 5. The molecule has 7 heteroatoms. The van der Waals surface area contributed by atoms with E-state index in [4.69, 9.17) is 4.74 Å². The van der Waals surface area contributed by atoms with Crippen LogP contribution in [0.5, 0.6) is 0 Å². The molecule has 0 radical (unpaired) electrons. The average molecular weight is 414 g/mol. The molecule has 0 bridgehead atoms. The van der Waals surface area contributed by atoms with Gasteiger partial charge in [-0.05, 0) is 43.9 Å². The summed E-state index contributed by atoms with van der Waals surface area (Å²) in [5.41, 5.74) is 0.493. The summed E-state index contributed by atoms with van der Waals surface area (Å²) < 4.78 is 20.7. The molecule has 0 amide bonds. The highest BCUT2D eigenvalue weighted by molar-refractivity contribution is 9.10. The first-order chi connectivity index (χ1) is 11.7. The van der Waals surface area contributed by atoms with E-state index in [2.05, 4.69) is 38.0 Å². The van der Waals surface area contributed by atoms with Gasteiger partial charge in [0.05, 0.1) is 6.10 Å². The maximum atomic E-state index is 14.0. The van der Waals surface area contributed by atoms with Gasteiger partial charge in [-0.1, -0.05) is 34.2 Å². The van der Waals surface area contributed by atoms with Gasteiger partial charge in [-0.2, -0.15) is 0 Å². The van der Waals surface area contributed by atoms with Gasteiger partial charge in [0.2, 0.25) is 5.13 Å². The Bertz CT molecular complexity index is 682. The molecular weight excluding hydrogens is 393 g/mol. The molecule has 1 aromatic heterocycles. The van der Waals surface area contributed by atoms with Gasteiger partial charge in [0.25, 0.3) is 0 Å². The van der Waals surface area contributed by atoms with E-state index in [1.807, 2.05) is 0 Å². The van der Waals surface area contributed by atoms with Crippen LogP contribution in [0.2, 0.25) is 0 Å². The first-order valence-corrected chi connectivity index (χ1v) is 9.93. The third-order valence-electron chi connectivity index (χ3n) is 4.08. The summed E-state index contributed by atoms with van der Waals surface area (Å²) in [6.45, 7) is 4.81. The lowest BCUT2D eigenvalue weighted by molar-refractivity contribution is 0.0461. The molecule has 0 aliphatic carbocycles. The van der Waals surface area contributed by atoms with E-state index in [9.17, 15) is 4.39 Å². The lowest BCUT2D eigenvalue weighted by Gasteiger charge is -2.18. The Balaban J connectivity index is 1.70. The number of halogens is 2. The summed E-state index contributed by atoms with van der Waals surface area (Å²) >= 11 is 4.83. The summed E-state index contributed by atoms with van der Waals surface area (Å²) in [5, 5.41) is 9.96. The molecule has 1 aliphatic heterocycles. The summed E-state index contributed by atoms with van der Waals surface area (Å²) in [5.74, 6) is -0.273. The van der Waals surface area contributed by atoms with Crippen molar-refractivity contribution in [2.45, 2.75) is 38.7 Å². The molecule has 2 aromatic rings. The lowest BCUT2D eigenvalue weighted by atomic mass is 10.2. The SMILES string of the molecule is CCCOC1CCCN(c2nnc(-c3cc(Br)ccc3F)s2)CC1. The van der Waals surface area contributed by atoms with E-state index in [1.165, 1.54) is 17.4 Å². The van der Waals surface area contributed by atoms with Crippen molar-refractivity contribution < 1.29 is 9.13 Å². The van der Waals surface area contributed by atoms with E-state index in [0.717, 1.165) is 55.0 Å². The van der Waals surface area contributed by atoms with Gasteiger partial charge in [-0.25, -0.2) is 4.39 Å². The van der Waals surface area contributed by atoms with Crippen LogP contribution in [-0.4, -0.2) is 36.0 Å². The number of ether oxygens (including phenoxy) is 1. The molecule has 1 saturated heterocycles. The van der Waals surface area contributed by atoms with Gasteiger partial charge in [0.15, 0.2) is 5.01 Å². The highest BCUT2D eigenvalue weighted by Gasteiger charge is 2.21. The number of benzene rings is 1. The van der Waals surface area contributed by atoms with Gasteiger partial charge < -0.3 is 9.64 Å². The second-order valence-electron chi connectivity index (χ2n) is 5.92. The van der Waals surface area contributed by atoms with E-state index >= 15 is 0 Å². The molecule has 3 rings (SSSR count). The van der Waals surface area contributed by atoms with Gasteiger partial charge in [0.1, 0.15) is 5.82 Å². The fourth-order valence-electron chi connectivity index (χ4n) is 2.82. The standard InChI is InChI=1S/C17H21BrFN3OS/c1-2-10-23-13-4-3-8-22(9-7-13)17-21-20-16(24-17)14-11-12(18)5-6-15(14)19/h5-6,11,13H,2-4,7-10H2,1H3. The maximum absolute atomic E-state index is 14.0. The Morgan fingerprint density at radius 1 is 1.33 bits per heavy atom. The minimum Gasteiger partial charge on any atom is -0.378 e. The zero-order valence-electron chi connectivity index (χ0n) is 13.7. The van der Waals surface area contributed by atoms with Crippen molar-refractivity contribution in [2.24, 2.45) is 0 Å². The number of aromatic nitrogens is 2. The fraction of sp³-hybridized carbons (Fsp3) is 0.529. The van der Waals surface area contributed by atoms with Crippen LogP contribution in [0.1, 0.15) is 32.6 Å². The van der Waals surface area contributed by atoms with Crippen molar-refractivity contribution in [1.29, 1.82) is 0 Å². The molecule has 130 valence electrons. The minimum absolute atomic E-state index is 0.273. The summed E-state index contributed by atoms with van der Waals surface area (Å²) in [4.78, 5) is 2.24. The van der Waals surface area contributed by atoms with Crippen molar-refractivity contribution in [3.05, 3.63) is 28.5 Å². The molecule has 1 atom stereocenters. The van der Waals surface area contributed by atoms with Crippen LogP contribution in [0.4, 0.5) is 9.52 Å². The van der Waals surface area contributed by atoms with Gasteiger partial charge in [-0.3, -0.25) is 0 Å². The summed E-state index contributed by atoms with van der Waals surface area (Å²) in [6.07, 6.45) is 4.56. The van der Waals surface area contributed by atoms with E-state index in [-0.39, 0.29) is 5.82 Å². The Morgan fingerprint density at radius 2 is 2.21 bits per heavy atom. The van der Waals surface area contributed by atoms with Crippen molar-refractivity contribution in [3.8, 4) is 10.6 Å².